The van der Waals surface area contributed by atoms with Gasteiger partial charge in [0, 0.05) is 36.5 Å². The summed E-state index contributed by atoms with van der Waals surface area (Å²) in [5.41, 5.74) is 5.33. The van der Waals surface area contributed by atoms with Crippen LogP contribution < -0.4 is 10.0 Å². The van der Waals surface area contributed by atoms with Gasteiger partial charge in [-0.15, -0.1) is 0 Å². The lowest BCUT2D eigenvalue weighted by Gasteiger charge is -2.11. The van der Waals surface area contributed by atoms with Gasteiger partial charge in [0.2, 0.25) is 0 Å². The van der Waals surface area contributed by atoms with Gasteiger partial charge in [0.1, 0.15) is 11.3 Å². The second kappa shape index (κ2) is 10.3. The molecule has 11 nitrogen and oxygen atoms in total. The number of imidazole rings is 1. The average molecular weight is 523 g/mol. The molecular weight excluding hydrogens is 496 g/mol. The fourth-order valence-corrected chi connectivity index (χ4v) is 4.94. The number of pyridine rings is 1. The molecule has 12 heteroatoms. The molecule has 0 spiro atoms. The third-order valence-electron chi connectivity index (χ3n) is 5.80. The van der Waals surface area contributed by atoms with Crippen molar-refractivity contribution >= 4 is 32.9 Å². The van der Waals surface area contributed by atoms with E-state index in [0.29, 0.717) is 6.42 Å². The fraction of sp³-hybridized carbons (Fsp3) is 0.240. The first-order valence-corrected chi connectivity index (χ1v) is 13.1. The molecule has 0 aliphatic heterocycles. The molecule has 0 radical (unpaired) electrons. The minimum Gasteiger partial charge on any atom is -0.337 e. The smallest absolute Gasteiger partial charge is 0.328 e. The average Bonchev–Trinajstić information content (AvgIpc) is 3.23. The van der Waals surface area contributed by atoms with Gasteiger partial charge >= 0.3 is 6.03 Å². The van der Waals surface area contributed by atoms with Gasteiger partial charge in [-0.3, -0.25) is 14.7 Å². The quantitative estimate of drug-likeness (QED) is 0.264. The second-order valence-corrected chi connectivity index (χ2v) is 10.2. The zero-order valence-electron chi connectivity index (χ0n) is 20.6. The Balaban J connectivity index is 1.39. The van der Waals surface area contributed by atoms with E-state index in [1.54, 1.807) is 0 Å². The van der Waals surface area contributed by atoms with Crippen LogP contribution in [-0.4, -0.2) is 40.5 Å². The van der Waals surface area contributed by atoms with Gasteiger partial charge in [0.15, 0.2) is 5.65 Å². The number of amides is 2. The van der Waals surface area contributed by atoms with Crippen LogP contribution in [0.2, 0.25) is 0 Å². The number of sulfonamides is 1. The first-order valence-electron chi connectivity index (χ1n) is 11.6. The molecule has 37 heavy (non-hydrogen) atoms. The van der Waals surface area contributed by atoms with E-state index < -0.39 is 21.0 Å². The van der Waals surface area contributed by atoms with E-state index >= 15 is 0 Å². The zero-order valence-corrected chi connectivity index (χ0v) is 21.4. The van der Waals surface area contributed by atoms with Crippen LogP contribution in [0.5, 0.6) is 0 Å². The molecule has 2 amide bonds. The number of carbonyl (C=O) groups excluding carboxylic acids is 1. The maximum absolute atomic E-state index is 12.3. The van der Waals surface area contributed by atoms with Gasteiger partial charge < -0.3 is 5.32 Å². The maximum atomic E-state index is 12.3. The summed E-state index contributed by atoms with van der Waals surface area (Å²) >= 11 is 0. The number of carbonyl (C=O) groups is 1. The number of rotatable bonds is 8. The number of hydrogen-bond donors (Lipinski definition) is 2. The van der Waals surface area contributed by atoms with Crippen LogP contribution in [0.1, 0.15) is 29.6 Å². The predicted octanol–water partition coefficient (Wildman–Crippen LogP) is 3.74. The predicted molar refractivity (Wildman–Crippen MR) is 138 cm³/mol. The molecule has 2 aromatic heterocycles. The van der Waals surface area contributed by atoms with Crippen LogP contribution in [0.3, 0.4) is 0 Å². The summed E-state index contributed by atoms with van der Waals surface area (Å²) < 4.78 is 28.6. The highest BCUT2D eigenvalue weighted by Crippen LogP contribution is 2.24. The van der Waals surface area contributed by atoms with Crippen LogP contribution in [0.15, 0.2) is 59.5 Å². The van der Waals surface area contributed by atoms with Crippen molar-refractivity contribution in [2.24, 2.45) is 0 Å². The fourth-order valence-electron chi connectivity index (χ4n) is 4.01. The van der Waals surface area contributed by atoms with E-state index in [0.717, 1.165) is 70.2 Å². The van der Waals surface area contributed by atoms with Gasteiger partial charge in [-0.25, -0.2) is 27.9 Å². The van der Waals surface area contributed by atoms with E-state index in [1.165, 1.54) is 0 Å². The Labute approximate surface area is 213 Å². The number of nitrogens with zero attached hydrogens (tertiary/aromatic N) is 4. The van der Waals surface area contributed by atoms with Crippen LogP contribution in [-0.2, 0) is 22.9 Å². The van der Waals surface area contributed by atoms with Crippen molar-refractivity contribution < 1.29 is 18.1 Å². The number of nitro groups is 1. The molecule has 2 N–H and O–H groups in total. The second-order valence-electron chi connectivity index (χ2n) is 8.50. The van der Waals surface area contributed by atoms with E-state index in [4.69, 9.17) is 9.97 Å². The topological polar surface area (TPSA) is 149 Å². The minimum atomic E-state index is -4.16. The lowest BCUT2D eigenvalue weighted by Crippen LogP contribution is -2.40. The third-order valence-corrected chi connectivity index (χ3v) is 7.15. The minimum absolute atomic E-state index is 0.203. The maximum Gasteiger partial charge on any atom is 0.328 e. The van der Waals surface area contributed by atoms with E-state index in [2.05, 4.69) is 5.32 Å². The van der Waals surface area contributed by atoms with Gasteiger partial charge in [-0.2, -0.15) is 0 Å². The van der Waals surface area contributed by atoms with Crippen molar-refractivity contribution in [3.63, 3.8) is 0 Å². The molecule has 0 aliphatic rings. The molecule has 0 fully saturated rings. The largest absolute Gasteiger partial charge is 0.337 e. The molecular formula is C25H26N6O5S. The SMILES string of the molecule is CCc1nc2c(C)cc(C)nc2n1-c1ccc(CCNC(=O)NS(=O)(=O)c2ccc([N+](=O)[O-])cc2)cc1. The molecule has 2 aromatic carbocycles. The molecule has 0 aliphatic carbocycles. The first-order chi connectivity index (χ1) is 17.6. The third kappa shape index (κ3) is 5.59. The zero-order chi connectivity index (χ0) is 26.7. The Kier molecular flexibility index (Phi) is 7.21. The summed E-state index contributed by atoms with van der Waals surface area (Å²) in [6.07, 6.45) is 1.23. The van der Waals surface area contributed by atoms with Crippen LogP contribution in [0, 0.1) is 24.0 Å². The molecule has 192 valence electrons. The van der Waals surface area contributed by atoms with Crippen molar-refractivity contribution in [1.29, 1.82) is 0 Å². The molecule has 0 saturated carbocycles. The Morgan fingerprint density at radius 3 is 2.35 bits per heavy atom. The van der Waals surface area contributed by atoms with Crippen molar-refractivity contribution in [2.75, 3.05) is 6.54 Å². The lowest BCUT2D eigenvalue weighted by molar-refractivity contribution is -0.384. The highest BCUT2D eigenvalue weighted by molar-refractivity contribution is 7.90. The summed E-state index contributed by atoms with van der Waals surface area (Å²) in [7, 11) is -4.16. The summed E-state index contributed by atoms with van der Waals surface area (Å²) in [4.78, 5) is 31.4. The first kappa shape index (κ1) is 25.8. The molecule has 0 unspecified atom stereocenters. The number of nitrogens with one attached hydrogen (secondary N) is 2. The summed E-state index contributed by atoms with van der Waals surface area (Å²) in [6.45, 7) is 6.23. The molecule has 0 saturated heterocycles. The molecule has 4 rings (SSSR count). The van der Waals surface area contributed by atoms with Gasteiger partial charge in [0.05, 0.1) is 9.82 Å². The van der Waals surface area contributed by atoms with Crippen molar-refractivity contribution in [3.05, 3.63) is 87.4 Å². The summed E-state index contributed by atoms with van der Waals surface area (Å²) in [5, 5.41) is 13.2. The number of urea groups is 1. The van der Waals surface area contributed by atoms with Crippen molar-refractivity contribution in [1.82, 2.24) is 24.6 Å². The Morgan fingerprint density at radius 2 is 1.73 bits per heavy atom. The number of non-ortho nitro benzene ring substituents is 1. The Hall–Kier alpha value is -4.32. The highest BCUT2D eigenvalue weighted by atomic mass is 32.2. The Bertz CT molecular complexity index is 1580. The molecule has 0 bridgehead atoms. The van der Waals surface area contributed by atoms with E-state index in [1.807, 2.05) is 60.4 Å². The Morgan fingerprint density at radius 1 is 1.05 bits per heavy atom. The van der Waals surface area contributed by atoms with Crippen molar-refractivity contribution in [2.45, 2.75) is 38.5 Å². The van der Waals surface area contributed by atoms with E-state index in [9.17, 15) is 23.3 Å². The van der Waals surface area contributed by atoms with Crippen LogP contribution in [0.4, 0.5) is 10.5 Å². The number of hydrogen-bond acceptors (Lipinski definition) is 7. The standard InChI is InChI=1S/C25H26N6O5S/c1-4-22-28-23-16(2)15-17(3)27-24(23)30(22)19-7-5-18(6-8-19)13-14-26-25(32)29-37(35,36)21-11-9-20(10-12-21)31(33)34/h5-12,15H,4,13-14H2,1-3H3,(H2,26,29,32). The number of aryl methyl sites for hydroxylation is 3. The highest BCUT2D eigenvalue weighted by Gasteiger charge is 2.19. The number of nitro benzene ring substituents is 1. The van der Waals surface area contributed by atoms with Crippen LogP contribution in [0.25, 0.3) is 16.9 Å². The summed E-state index contributed by atoms with van der Waals surface area (Å²) in [6, 6.07) is 13.2. The summed E-state index contributed by atoms with van der Waals surface area (Å²) in [5.74, 6) is 0.913. The van der Waals surface area contributed by atoms with Gasteiger partial charge in [0.25, 0.3) is 15.7 Å². The van der Waals surface area contributed by atoms with Gasteiger partial charge in [-0.1, -0.05) is 19.1 Å². The normalized spacial score (nSPS) is 11.4. The number of fused-ring (bicyclic) bond motifs is 1. The van der Waals surface area contributed by atoms with Crippen LogP contribution >= 0.6 is 0 Å². The number of aromatic nitrogens is 3. The monoisotopic (exact) mass is 522 g/mol. The van der Waals surface area contributed by atoms with Crippen molar-refractivity contribution in [3.8, 4) is 5.69 Å². The van der Waals surface area contributed by atoms with Gasteiger partial charge in [-0.05, 0) is 61.7 Å². The molecule has 4 aromatic rings. The lowest BCUT2D eigenvalue weighted by atomic mass is 10.1. The van der Waals surface area contributed by atoms with E-state index in [-0.39, 0.29) is 17.1 Å². The molecule has 2 heterocycles. The number of benzene rings is 2. The molecule has 0 atom stereocenters.